The van der Waals surface area contributed by atoms with Gasteiger partial charge >= 0.3 is 11.8 Å². The van der Waals surface area contributed by atoms with Crippen molar-refractivity contribution in [2.75, 3.05) is 5.32 Å². The van der Waals surface area contributed by atoms with E-state index in [1.165, 1.54) is 24.3 Å². The van der Waals surface area contributed by atoms with Crippen molar-refractivity contribution < 1.29 is 13.7 Å². The summed E-state index contributed by atoms with van der Waals surface area (Å²) in [4.78, 5) is 19.8. The number of carbonyl (C=O) groups excluding carboxylic acids is 1. The molecule has 1 aromatic carbocycles. The number of anilines is 1. The van der Waals surface area contributed by atoms with Crippen molar-refractivity contribution in [3.05, 3.63) is 60.5 Å². The fourth-order valence-electron chi connectivity index (χ4n) is 1.65. The largest absolute Gasteiger partial charge is 0.328 e. The Balaban J connectivity index is 1.77. The van der Waals surface area contributed by atoms with Gasteiger partial charge in [-0.3, -0.25) is 9.78 Å². The van der Waals surface area contributed by atoms with E-state index in [2.05, 4.69) is 20.4 Å². The van der Waals surface area contributed by atoms with Gasteiger partial charge in [-0.2, -0.15) is 4.98 Å². The Morgan fingerprint density at radius 2 is 1.81 bits per heavy atom. The third-order valence-corrected chi connectivity index (χ3v) is 2.66. The Kier molecular flexibility index (Phi) is 3.38. The molecule has 0 fully saturated rings. The molecule has 0 aliphatic carbocycles. The quantitative estimate of drug-likeness (QED) is 0.799. The number of pyridine rings is 1. The van der Waals surface area contributed by atoms with Crippen LogP contribution in [0.3, 0.4) is 0 Å². The van der Waals surface area contributed by atoms with Gasteiger partial charge in [-0.15, -0.1) is 0 Å². The summed E-state index contributed by atoms with van der Waals surface area (Å²) in [5.74, 6) is -0.826. The minimum atomic E-state index is -0.561. The molecule has 0 unspecified atom stereocenters. The molecule has 0 saturated heterocycles. The average molecular weight is 284 g/mol. The molecule has 21 heavy (non-hydrogen) atoms. The SMILES string of the molecule is O=C(Nc1ccc(F)cc1)c1nc(-c2ccncc2)no1. The molecule has 6 nitrogen and oxygen atoms in total. The van der Waals surface area contributed by atoms with E-state index in [4.69, 9.17) is 4.52 Å². The van der Waals surface area contributed by atoms with Crippen LogP contribution in [-0.2, 0) is 0 Å². The monoisotopic (exact) mass is 284 g/mol. The lowest BCUT2D eigenvalue weighted by molar-refractivity contribution is 0.0981. The van der Waals surface area contributed by atoms with Crippen molar-refractivity contribution in [2.45, 2.75) is 0 Å². The fraction of sp³-hybridized carbons (Fsp3) is 0. The molecule has 104 valence electrons. The van der Waals surface area contributed by atoms with E-state index in [0.29, 0.717) is 17.1 Å². The highest BCUT2D eigenvalue weighted by atomic mass is 19.1. The van der Waals surface area contributed by atoms with Gasteiger partial charge in [-0.05, 0) is 36.4 Å². The van der Waals surface area contributed by atoms with Crippen molar-refractivity contribution in [3.8, 4) is 11.4 Å². The molecule has 1 amide bonds. The summed E-state index contributed by atoms with van der Waals surface area (Å²) in [5.41, 5.74) is 1.12. The van der Waals surface area contributed by atoms with Crippen LogP contribution in [0.5, 0.6) is 0 Å². The maximum Gasteiger partial charge on any atom is 0.316 e. The highest BCUT2D eigenvalue weighted by Crippen LogP contribution is 2.15. The predicted molar refractivity (Wildman–Crippen MR) is 71.9 cm³/mol. The van der Waals surface area contributed by atoms with Gasteiger partial charge < -0.3 is 9.84 Å². The minimum absolute atomic E-state index is 0.175. The molecule has 0 radical (unpaired) electrons. The number of nitrogens with one attached hydrogen (secondary N) is 1. The topological polar surface area (TPSA) is 80.9 Å². The van der Waals surface area contributed by atoms with Crippen molar-refractivity contribution in [1.82, 2.24) is 15.1 Å². The molecule has 0 atom stereocenters. The smallest absolute Gasteiger partial charge is 0.316 e. The number of amides is 1. The van der Waals surface area contributed by atoms with E-state index in [1.54, 1.807) is 24.5 Å². The first-order chi connectivity index (χ1) is 10.2. The van der Waals surface area contributed by atoms with Crippen LogP contribution < -0.4 is 5.32 Å². The first-order valence-corrected chi connectivity index (χ1v) is 6.03. The van der Waals surface area contributed by atoms with Crippen LogP contribution in [0.15, 0.2) is 53.3 Å². The Morgan fingerprint density at radius 3 is 2.52 bits per heavy atom. The molecular formula is C14H9FN4O2. The average Bonchev–Trinajstić information content (AvgIpc) is 3.00. The van der Waals surface area contributed by atoms with Gasteiger partial charge in [0.2, 0.25) is 5.82 Å². The molecule has 0 aliphatic rings. The number of benzene rings is 1. The third-order valence-electron chi connectivity index (χ3n) is 2.66. The van der Waals surface area contributed by atoms with E-state index in [1.807, 2.05) is 0 Å². The Morgan fingerprint density at radius 1 is 1.10 bits per heavy atom. The van der Waals surface area contributed by atoms with E-state index in [9.17, 15) is 9.18 Å². The molecule has 7 heteroatoms. The maximum atomic E-state index is 12.8. The van der Waals surface area contributed by atoms with Crippen LogP contribution in [-0.4, -0.2) is 21.0 Å². The highest BCUT2D eigenvalue weighted by Gasteiger charge is 2.16. The predicted octanol–water partition coefficient (Wildman–Crippen LogP) is 2.52. The van der Waals surface area contributed by atoms with Crippen LogP contribution >= 0.6 is 0 Å². The summed E-state index contributed by atoms with van der Waals surface area (Å²) in [6.45, 7) is 0. The second-order valence-electron chi connectivity index (χ2n) is 4.12. The molecule has 0 aliphatic heterocycles. The number of hydrogen-bond donors (Lipinski definition) is 1. The first kappa shape index (κ1) is 12.9. The van der Waals surface area contributed by atoms with E-state index in [0.717, 1.165) is 0 Å². The second-order valence-corrected chi connectivity index (χ2v) is 4.12. The summed E-state index contributed by atoms with van der Waals surface area (Å²) < 4.78 is 17.7. The lowest BCUT2D eigenvalue weighted by Crippen LogP contribution is -2.12. The zero-order chi connectivity index (χ0) is 14.7. The maximum absolute atomic E-state index is 12.8. The molecule has 3 rings (SSSR count). The van der Waals surface area contributed by atoms with Crippen molar-refractivity contribution in [3.63, 3.8) is 0 Å². The number of carbonyl (C=O) groups is 1. The number of hydrogen-bond acceptors (Lipinski definition) is 5. The second kappa shape index (κ2) is 5.49. The van der Waals surface area contributed by atoms with Crippen LogP contribution in [0.1, 0.15) is 10.7 Å². The molecular weight excluding hydrogens is 275 g/mol. The molecule has 0 bridgehead atoms. The van der Waals surface area contributed by atoms with E-state index < -0.39 is 5.91 Å². The van der Waals surface area contributed by atoms with Crippen LogP contribution in [0.4, 0.5) is 10.1 Å². The van der Waals surface area contributed by atoms with Crippen molar-refractivity contribution in [1.29, 1.82) is 0 Å². The van der Waals surface area contributed by atoms with Gasteiger partial charge in [-0.25, -0.2) is 4.39 Å². The van der Waals surface area contributed by atoms with Gasteiger partial charge in [-0.1, -0.05) is 5.16 Å². The van der Waals surface area contributed by atoms with Gasteiger partial charge in [0.15, 0.2) is 0 Å². The Labute approximate surface area is 118 Å². The van der Waals surface area contributed by atoms with Gasteiger partial charge in [0.05, 0.1) is 0 Å². The zero-order valence-corrected chi connectivity index (χ0v) is 10.7. The number of nitrogens with zero attached hydrogens (tertiary/aromatic N) is 3. The highest BCUT2D eigenvalue weighted by molar-refractivity contribution is 6.01. The number of rotatable bonds is 3. The molecule has 1 N–H and O–H groups in total. The Bertz CT molecular complexity index is 756. The fourth-order valence-corrected chi connectivity index (χ4v) is 1.65. The lowest BCUT2D eigenvalue weighted by atomic mass is 10.2. The molecule has 2 aromatic heterocycles. The van der Waals surface area contributed by atoms with E-state index >= 15 is 0 Å². The zero-order valence-electron chi connectivity index (χ0n) is 10.7. The normalized spacial score (nSPS) is 10.3. The van der Waals surface area contributed by atoms with Crippen molar-refractivity contribution in [2.24, 2.45) is 0 Å². The van der Waals surface area contributed by atoms with Crippen LogP contribution in [0, 0.1) is 5.82 Å². The van der Waals surface area contributed by atoms with Gasteiger partial charge in [0.25, 0.3) is 0 Å². The van der Waals surface area contributed by atoms with Crippen LogP contribution in [0.25, 0.3) is 11.4 Å². The standard InChI is InChI=1S/C14H9FN4O2/c15-10-1-3-11(4-2-10)17-13(20)14-18-12(19-21-14)9-5-7-16-8-6-9/h1-8H,(H,17,20). The number of halogens is 1. The lowest BCUT2D eigenvalue weighted by Gasteiger charge is -2.00. The number of aromatic nitrogens is 3. The summed E-state index contributed by atoms with van der Waals surface area (Å²) >= 11 is 0. The third kappa shape index (κ3) is 2.92. The minimum Gasteiger partial charge on any atom is -0.328 e. The van der Waals surface area contributed by atoms with Crippen molar-refractivity contribution >= 4 is 11.6 Å². The first-order valence-electron chi connectivity index (χ1n) is 6.03. The van der Waals surface area contributed by atoms with Crippen LogP contribution in [0.2, 0.25) is 0 Å². The Hall–Kier alpha value is -3.09. The molecule has 0 saturated carbocycles. The molecule has 3 aromatic rings. The molecule has 2 heterocycles. The van der Waals surface area contributed by atoms with Gasteiger partial charge in [0, 0.05) is 23.6 Å². The summed E-state index contributed by atoms with van der Waals surface area (Å²) in [7, 11) is 0. The summed E-state index contributed by atoms with van der Waals surface area (Å²) in [5, 5.41) is 6.26. The summed E-state index contributed by atoms with van der Waals surface area (Å²) in [6.07, 6.45) is 3.17. The molecule has 0 spiro atoms. The van der Waals surface area contributed by atoms with Gasteiger partial charge in [0.1, 0.15) is 5.82 Å². The summed E-state index contributed by atoms with van der Waals surface area (Å²) in [6, 6.07) is 8.76. The van der Waals surface area contributed by atoms with E-state index in [-0.39, 0.29) is 11.7 Å².